The summed E-state index contributed by atoms with van der Waals surface area (Å²) in [6.45, 7) is 1.45. The number of benzene rings is 1. The smallest absolute Gasteiger partial charge is 0.342 e. The minimum Gasteiger partial charge on any atom is -0.422 e. The quantitative estimate of drug-likeness (QED) is 0.486. The predicted molar refractivity (Wildman–Crippen MR) is 59.8 cm³/mol. The molecule has 0 aliphatic rings. The lowest BCUT2D eigenvalue weighted by molar-refractivity contribution is -0.384. The Morgan fingerprint density at radius 3 is 2.71 bits per heavy atom. The molecule has 2 rings (SSSR count). The second kappa shape index (κ2) is 3.99. The van der Waals surface area contributed by atoms with Gasteiger partial charge in [0.25, 0.3) is 5.69 Å². The molecule has 0 spiro atoms. The van der Waals surface area contributed by atoms with Gasteiger partial charge < -0.3 is 9.52 Å². The van der Waals surface area contributed by atoms with Crippen LogP contribution in [0.1, 0.15) is 18.6 Å². The summed E-state index contributed by atoms with van der Waals surface area (Å²) in [5.41, 5.74) is -0.571. The zero-order valence-electron chi connectivity index (χ0n) is 8.91. The number of nitro benzene ring substituents is 1. The Morgan fingerprint density at radius 1 is 1.41 bits per heavy atom. The number of nitro groups is 1. The Kier molecular flexibility index (Phi) is 2.64. The van der Waals surface area contributed by atoms with Crippen LogP contribution in [0.15, 0.2) is 33.5 Å². The summed E-state index contributed by atoms with van der Waals surface area (Å²) in [5.74, 6) is 0. The molecule has 0 aliphatic carbocycles. The fourth-order valence-corrected chi connectivity index (χ4v) is 1.52. The molecule has 0 radical (unpaired) electrons. The van der Waals surface area contributed by atoms with E-state index >= 15 is 0 Å². The van der Waals surface area contributed by atoms with Crippen LogP contribution in [0.3, 0.4) is 0 Å². The van der Waals surface area contributed by atoms with Crippen LogP contribution in [0.25, 0.3) is 11.0 Å². The normalized spacial score (nSPS) is 12.6. The summed E-state index contributed by atoms with van der Waals surface area (Å²) >= 11 is 0. The lowest BCUT2D eigenvalue weighted by Gasteiger charge is -2.03. The Hall–Kier alpha value is -2.21. The topological polar surface area (TPSA) is 93.6 Å². The van der Waals surface area contributed by atoms with Crippen LogP contribution in [0.2, 0.25) is 0 Å². The molecule has 1 unspecified atom stereocenters. The van der Waals surface area contributed by atoms with E-state index in [0.717, 1.165) is 0 Å². The van der Waals surface area contributed by atoms with Gasteiger partial charge in [0.05, 0.1) is 22.7 Å². The number of hydrogen-bond acceptors (Lipinski definition) is 5. The maximum absolute atomic E-state index is 11.5. The number of nitrogens with zero attached hydrogens (tertiary/aromatic N) is 1. The maximum Gasteiger partial charge on any atom is 0.342 e. The van der Waals surface area contributed by atoms with Gasteiger partial charge in [-0.2, -0.15) is 0 Å². The molecule has 1 N–H and O–H groups in total. The van der Waals surface area contributed by atoms with Crippen LogP contribution in [-0.2, 0) is 0 Å². The van der Waals surface area contributed by atoms with Crippen molar-refractivity contribution >= 4 is 16.7 Å². The van der Waals surface area contributed by atoms with Crippen molar-refractivity contribution in [1.29, 1.82) is 0 Å². The largest absolute Gasteiger partial charge is 0.422 e. The highest BCUT2D eigenvalue weighted by atomic mass is 16.6. The molecule has 17 heavy (non-hydrogen) atoms. The number of hydrogen-bond donors (Lipinski definition) is 1. The van der Waals surface area contributed by atoms with Crippen molar-refractivity contribution in [3.8, 4) is 0 Å². The number of aliphatic hydroxyl groups excluding tert-OH is 1. The third-order valence-electron chi connectivity index (χ3n) is 2.41. The second-order valence-electron chi connectivity index (χ2n) is 3.64. The molecule has 6 nitrogen and oxygen atoms in total. The molecule has 0 aliphatic heterocycles. The van der Waals surface area contributed by atoms with Gasteiger partial charge in [-0.25, -0.2) is 4.79 Å². The van der Waals surface area contributed by atoms with Gasteiger partial charge in [-0.15, -0.1) is 0 Å². The summed E-state index contributed by atoms with van der Waals surface area (Å²) in [6.07, 6.45) is -0.939. The average molecular weight is 235 g/mol. The van der Waals surface area contributed by atoms with Crippen molar-refractivity contribution in [2.24, 2.45) is 0 Å². The van der Waals surface area contributed by atoms with E-state index in [-0.39, 0.29) is 16.8 Å². The van der Waals surface area contributed by atoms with E-state index in [9.17, 15) is 20.0 Å². The minimum absolute atomic E-state index is 0.131. The van der Waals surface area contributed by atoms with Gasteiger partial charge in [-0.1, -0.05) is 0 Å². The Morgan fingerprint density at radius 2 is 2.12 bits per heavy atom. The van der Waals surface area contributed by atoms with Gasteiger partial charge >= 0.3 is 5.63 Å². The van der Waals surface area contributed by atoms with Crippen molar-refractivity contribution in [3.63, 3.8) is 0 Å². The van der Waals surface area contributed by atoms with E-state index in [2.05, 4.69) is 0 Å². The van der Waals surface area contributed by atoms with Crippen LogP contribution < -0.4 is 5.63 Å². The summed E-state index contributed by atoms with van der Waals surface area (Å²) in [6, 6.07) is 5.44. The van der Waals surface area contributed by atoms with E-state index < -0.39 is 16.7 Å². The molecule has 1 atom stereocenters. The first-order chi connectivity index (χ1) is 7.99. The van der Waals surface area contributed by atoms with Crippen LogP contribution in [0, 0.1) is 10.1 Å². The fourth-order valence-electron chi connectivity index (χ4n) is 1.52. The van der Waals surface area contributed by atoms with Crippen molar-refractivity contribution in [2.45, 2.75) is 13.0 Å². The first kappa shape index (κ1) is 11.3. The number of fused-ring (bicyclic) bond motifs is 1. The van der Waals surface area contributed by atoms with E-state index in [1.165, 1.54) is 31.2 Å². The fraction of sp³-hybridized carbons (Fsp3) is 0.182. The number of aliphatic hydroxyl groups is 1. The van der Waals surface area contributed by atoms with Gasteiger partial charge in [0.2, 0.25) is 0 Å². The third-order valence-corrected chi connectivity index (χ3v) is 2.41. The van der Waals surface area contributed by atoms with Crippen molar-refractivity contribution in [2.75, 3.05) is 0 Å². The van der Waals surface area contributed by atoms with Crippen molar-refractivity contribution in [3.05, 3.63) is 50.4 Å². The first-order valence-electron chi connectivity index (χ1n) is 4.89. The number of non-ortho nitro benzene ring substituents is 1. The molecular weight excluding hydrogens is 226 g/mol. The molecule has 0 saturated heterocycles. The number of rotatable bonds is 2. The molecule has 0 fully saturated rings. The lowest BCUT2D eigenvalue weighted by atomic mass is 10.1. The first-order valence-corrected chi connectivity index (χ1v) is 4.89. The second-order valence-corrected chi connectivity index (χ2v) is 3.64. The van der Waals surface area contributed by atoms with E-state index in [1.54, 1.807) is 0 Å². The molecular formula is C11H9NO5. The SMILES string of the molecule is CC(O)c1cc2ccc([N+](=O)[O-])cc2oc1=O. The van der Waals surface area contributed by atoms with Crippen LogP contribution in [-0.4, -0.2) is 10.0 Å². The van der Waals surface area contributed by atoms with Gasteiger partial charge in [-0.05, 0) is 19.1 Å². The highest BCUT2D eigenvalue weighted by molar-refractivity contribution is 5.79. The zero-order chi connectivity index (χ0) is 12.6. The lowest BCUT2D eigenvalue weighted by Crippen LogP contribution is -2.09. The van der Waals surface area contributed by atoms with Crippen molar-refractivity contribution in [1.82, 2.24) is 0 Å². The van der Waals surface area contributed by atoms with Gasteiger partial charge in [0.1, 0.15) is 5.58 Å². The molecule has 1 aromatic carbocycles. The molecule has 88 valence electrons. The van der Waals surface area contributed by atoms with Gasteiger partial charge in [0, 0.05) is 11.5 Å². The van der Waals surface area contributed by atoms with E-state index in [0.29, 0.717) is 5.39 Å². The van der Waals surface area contributed by atoms with Crippen LogP contribution in [0.4, 0.5) is 5.69 Å². The Bertz CT molecular complexity index is 644. The summed E-state index contributed by atoms with van der Waals surface area (Å²) in [5, 5.41) is 20.4. The highest BCUT2D eigenvalue weighted by Crippen LogP contribution is 2.21. The van der Waals surface area contributed by atoms with Crippen LogP contribution >= 0.6 is 0 Å². The molecule has 2 aromatic rings. The van der Waals surface area contributed by atoms with E-state index in [4.69, 9.17) is 4.42 Å². The molecule has 0 saturated carbocycles. The highest BCUT2D eigenvalue weighted by Gasteiger charge is 2.12. The van der Waals surface area contributed by atoms with Crippen LogP contribution in [0.5, 0.6) is 0 Å². The Balaban J connectivity index is 2.70. The summed E-state index contributed by atoms with van der Waals surface area (Å²) in [7, 11) is 0. The molecule has 1 aromatic heterocycles. The van der Waals surface area contributed by atoms with E-state index in [1.807, 2.05) is 0 Å². The van der Waals surface area contributed by atoms with Gasteiger partial charge in [0.15, 0.2) is 0 Å². The Labute approximate surface area is 95.3 Å². The van der Waals surface area contributed by atoms with Gasteiger partial charge in [-0.3, -0.25) is 10.1 Å². The molecule has 0 amide bonds. The average Bonchev–Trinajstić information content (AvgIpc) is 2.26. The molecule has 6 heteroatoms. The summed E-state index contributed by atoms with van der Waals surface area (Å²) < 4.78 is 4.92. The summed E-state index contributed by atoms with van der Waals surface area (Å²) in [4.78, 5) is 21.4. The maximum atomic E-state index is 11.5. The zero-order valence-corrected chi connectivity index (χ0v) is 8.91. The predicted octanol–water partition coefficient (Wildman–Crippen LogP) is 1.75. The minimum atomic E-state index is -0.939. The molecule has 0 bridgehead atoms. The monoisotopic (exact) mass is 235 g/mol. The third kappa shape index (κ3) is 2.02. The molecule has 1 heterocycles. The van der Waals surface area contributed by atoms with Crippen molar-refractivity contribution < 1.29 is 14.4 Å². The standard InChI is InChI=1S/C11H9NO5/c1-6(13)9-4-7-2-3-8(12(15)16)5-10(7)17-11(9)14/h2-6,13H,1H3.